The van der Waals surface area contributed by atoms with Crippen LogP contribution in [-0.2, 0) is 11.0 Å². The Morgan fingerprint density at radius 3 is 2.62 bits per heavy atom. The van der Waals surface area contributed by atoms with Crippen LogP contribution in [0.5, 0.6) is 0 Å². The molecule has 2 aromatic heterocycles. The summed E-state index contributed by atoms with van der Waals surface area (Å²) < 4.78 is 37.6. The predicted octanol–water partition coefficient (Wildman–Crippen LogP) is 3.55. The van der Waals surface area contributed by atoms with Crippen molar-refractivity contribution >= 4 is 23.0 Å². The SMILES string of the molecule is N#CC(C(=O)CCCNC(=O)c1cccs1)c1ccc(C(F)(F)F)cn1. The number of Topliss-reactive ketones (excluding diaryl/α,β-unsaturated/α-hetero) is 1. The van der Waals surface area contributed by atoms with Crippen molar-refractivity contribution in [3.63, 3.8) is 0 Å². The molecule has 0 spiro atoms. The minimum Gasteiger partial charge on any atom is -0.351 e. The number of nitrogens with one attached hydrogen (secondary N) is 1. The number of amides is 1. The van der Waals surface area contributed by atoms with Crippen molar-refractivity contribution in [2.24, 2.45) is 0 Å². The highest BCUT2D eigenvalue weighted by Crippen LogP contribution is 2.29. The highest BCUT2D eigenvalue weighted by Gasteiger charge is 2.31. The predicted molar refractivity (Wildman–Crippen MR) is 88.5 cm³/mol. The van der Waals surface area contributed by atoms with Crippen LogP contribution in [0.3, 0.4) is 0 Å². The van der Waals surface area contributed by atoms with Gasteiger partial charge in [0.05, 0.1) is 22.2 Å². The quantitative estimate of drug-likeness (QED) is 0.744. The molecule has 0 aromatic carbocycles. The van der Waals surface area contributed by atoms with Gasteiger partial charge in [0.1, 0.15) is 5.92 Å². The zero-order valence-electron chi connectivity index (χ0n) is 13.4. The Balaban J connectivity index is 1.86. The number of carbonyl (C=O) groups is 2. The smallest absolute Gasteiger partial charge is 0.351 e. The number of hydrogen-bond donors (Lipinski definition) is 1. The third-order valence-electron chi connectivity index (χ3n) is 3.49. The minimum absolute atomic E-state index is 0.00560. The Labute approximate surface area is 151 Å². The van der Waals surface area contributed by atoms with Crippen LogP contribution < -0.4 is 5.32 Å². The number of nitriles is 1. The lowest BCUT2D eigenvalue weighted by atomic mass is 9.97. The molecule has 1 unspecified atom stereocenters. The van der Waals surface area contributed by atoms with Crippen LogP contribution in [0, 0.1) is 11.3 Å². The molecule has 0 saturated heterocycles. The van der Waals surface area contributed by atoms with Gasteiger partial charge in [-0.2, -0.15) is 18.4 Å². The molecular formula is C17H14F3N3O2S. The Morgan fingerprint density at radius 2 is 2.08 bits per heavy atom. The molecule has 2 aromatic rings. The molecular weight excluding hydrogens is 367 g/mol. The van der Waals surface area contributed by atoms with Crippen molar-refractivity contribution in [2.45, 2.75) is 24.9 Å². The van der Waals surface area contributed by atoms with E-state index in [1.165, 1.54) is 11.3 Å². The fourth-order valence-electron chi connectivity index (χ4n) is 2.15. The van der Waals surface area contributed by atoms with Gasteiger partial charge >= 0.3 is 6.18 Å². The molecule has 1 atom stereocenters. The van der Waals surface area contributed by atoms with Gasteiger partial charge in [0.15, 0.2) is 5.78 Å². The Morgan fingerprint density at radius 1 is 1.31 bits per heavy atom. The second-order valence-corrected chi connectivity index (χ2v) is 6.28. The summed E-state index contributed by atoms with van der Waals surface area (Å²) in [4.78, 5) is 28.0. The van der Waals surface area contributed by atoms with E-state index in [9.17, 15) is 22.8 Å². The van der Waals surface area contributed by atoms with E-state index in [1.807, 2.05) is 0 Å². The molecule has 0 aliphatic carbocycles. The number of halogens is 3. The molecule has 0 aliphatic rings. The zero-order chi connectivity index (χ0) is 19.2. The summed E-state index contributed by atoms with van der Waals surface area (Å²) in [6.07, 6.45) is -3.60. The van der Waals surface area contributed by atoms with Crippen LogP contribution in [0.4, 0.5) is 13.2 Å². The lowest BCUT2D eigenvalue weighted by Gasteiger charge is -2.10. The largest absolute Gasteiger partial charge is 0.417 e. The fourth-order valence-corrected chi connectivity index (χ4v) is 2.79. The number of nitrogens with zero attached hydrogens (tertiary/aromatic N) is 2. The number of alkyl halides is 3. The number of pyridine rings is 1. The third-order valence-corrected chi connectivity index (χ3v) is 4.36. The number of hydrogen-bond acceptors (Lipinski definition) is 5. The second kappa shape index (κ2) is 8.58. The van der Waals surface area contributed by atoms with Gasteiger partial charge < -0.3 is 5.32 Å². The van der Waals surface area contributed by atoms with Crippen molar-refractivity contribution < 1.29 is 22.8 Å². The van der Waals surface area contributed by atoms with Crippen LogP contribution in [0.2, 0.25) is 0 Å². The molecule has 26 heavy (non-hydrogen) atoms. The number of rotatable bonds is 7. The van der Waals surface area contributed by atoms with Crippen molar-refractivity contribution in [1.82, 2.24) is 10.3 Å². The monoisotopic (exact) mass is 381 g/mol. The van der Waals surface area contributed by atoms with E-state index in [4.69, 9.17) is 5.26 Å². The highest BCUT2D eigenvalue weighted by molar-refractivity contribution is 7.12. The molecule has 1 amide bonds. The summed E-state index contributed by atoms with van der Waals surface area (Å²) in [6.45, 7) is 0.251. The van der Waals surface area contributed by atoms with Gasteiger partial charge in [-0.15, -0.1) is 11.3 Å². The van der Waals surface area contributed by atoms with E-state index in [-0.39, 0.29) is 24.6 Å². The Bertz CT molecular complexity index is 796. The van der Waals surface area contributed by atoms with Crippen LogP contribution in [0.15, 0.2) is 35.8 Å². The van der Waals surface area contributed by atoms with Gasteiger partial charge in [-0.1, -0.05) is 6.07 Å². The van der Waals surface area contributed by atoms with E-state index in [0.717, 1.165) is 12.1 Å². The lowest BCUT2D eigenvalue weighted by Crippen LogP contribution is -2.24. The maximum absolute atomic E-state index is 12.5. The number of thiophene rings is 1. The van der Waals surface area contributed by atoms with E-state index < -0.39 is 23.4 Å². The first-order valence-electron chi connectivity index (χ1n) is 7.60. The maximum Gasteiger partial charge on any atom is 0.417 e. The van der Waals surface area contributed by atoms with E-state index in [2.05, 4.69) is 10.3 Å². The first-order valence-corrected chi connectivity index (χ1v) is 8.48. The summed E-state index contributed by atoms with van der Waals surface area (Å²) in [5.74, 6) is -1.93. The van der Waals surface area contributed by atoms with Gasteiger partial charge in [0, 0.05) is 19.2 Å². The molecule has 0 bridgehead atoms. The molecule has 136 valence electrons. The summed E-state index contributed by atoms with van der Waals surface area (Å²) in [5, 5.41) is 13.6. The summed E-state index contributed by atoms with van der Waals surface area (Å²) >= 11 is 1.29. The first kappa shape index (κ1) is 19.6. The second-order valence-electron chi connectivity index (χ2n) is 5.33. The van der Waals surface area contributed by atoms with Crippen molar-refractivity contribution in [3.8, 4) is 6.07 Å². The zero-order valence-corrected chi connectivity index (χ0v) is 14.2. The van der Waals surface area contributed by atoms with Crippen molar-refractivity contribution in [1.29, 1.82) is 5.26 Å². The number of aromatic nitrogens is 1. The van der Waals surface area contributed by atoms with Gasteiger partial charge in [-0.3, -0.25) is 14.6 Å². The van der Waals surface area contributed by atoms with Gasteiger partial charge in [-0.05, 0) is 30.0 Å². The fraction of sp³-hybridized carbons (Fsp3) is 0.294. The number of carbonyl (C=O) groups excluding carboxylic acids is 2. The highest BCUT2D eigenvalue weighted by atomic mass is 32.1. The molecule has 0 saturated carbocycles. The van der Waals surface area contributed by atoms with Crippen LogP contribution in [-0.4, -0.2) is 23.2 Å². The molecule has 2 heterocycles. The lowest BCUT2D eigenvalue weighted by molar-refractivity contribution is -0.137. The molecule has 1 N–H and O–H groups in total. The standard InChI is InChI=1S/C17H14F3N3O2S/c18-17(19,20)11-5-6-13(23-10-11)12(9-21)14(24)3-1-7-22-16(25)15-4-2-8-26-15/h2,4-6,8,10,12H,1,3,7H2,(H,22,25). The summed E-state index contributed by atoms with van der Waals surface area (Å²) in [6, 6.07) is 7.02. The third kappa shape index (κ3) is 5.13. The molecule has 9 heteroatoms. The Hall–Kier alpha value is -2.73. The minimum atomic E-state index is -4.53. The van der Waals surface area contributed by atoms with E-state index in [0.29, 0.717) is 17.5 Å². The average molecular weight is 381 g/mol. The molecule has 0 aliphatic heterocycles. The maximum atomic E-state index is 12.5. The van der Waals surface area contributed by atoms with E-state index >= 15 is 0 Å². The molecule has 5 nitrogen and oxygen atoms in total. The van der Waals surface area contributed by atoms with Crippen molar-refractivity contribution in [3.05, 3.63) is 52.0 Å². The topological polar surface area (TPSA) is 82.9 Å². The summed E-state index contributed by atoms with van der Waals surface area (Å²) in [5.41, 5.74) is -0.963. The van der Waals surface area contributed by atoms with Gasteiger partial charge in [-0.25, -0.2) is 0 Å². The average Bonchev–Trinajstić information content (AvgIpc) is 3.13. The van der Waals surface area contributed by atoms with Crippen LogP contribution >= 0.6 is 11.3 Å². The molecule has 0 radical (unpaired) electrons. The normalized spacial score (nSPS) is 12.2. The van der Waals surface area contributed by atoms with E-state index in [1.54, 1.807) is 23.6 Å². The number of ketones is 1. The summed E-state index contributed by atoms with van der Waals surface area (Å²) in [7, 11) is 0. The van der Waals surface area contributed by atoms with Gasteiger partial charge in [0.2, 0.25) is 0 Å². The van der Waals surface area contributed by atoms with Crippen LogP contribution in [0.1, 0.15) is 39.7 Å². The van der Waals surface area contributed by atoms with Gasteiger partial charge in [0.25, 0.3) is 5.91 Å². The molecule has 2 rings (SSSR count). The molecule has 0 fully saturated rings. The van der Waals surface area contributed by atoms with Crippen molar-refractivity contribution in [2.75, 3.05) is 6.54 Å². The van der Waals surface area contributed by atoms with Crippen LogP contribution in [0.25, 0.3) is 0 Å². The Kier molecular flexibility index (Phi) is 6.46. The first-order chi connectivity index (χ1) is 12.3.